The standard InChI is InChI=1S/C31H42N2O5/c1-30-14-12-23(17-22(30)8-9-24-25-10-11-27(34)31(25,2)15-13-26(24)30)33-38-19-28(35)32-18-21(16-29(36)37)20-6-4-3-5-7-20/h3-7,17,21,24-27,34H,8-16,18-19H2,1-2H3,(H,32,35)(H,36,37)/t21?,24?,25?,26?,27?,30-,31-/m0/s1. The zero-order valence-corrected chi connectivity index (χ0v) is 22.7. The highest BCUT2D eigenvalue weighted by atomic mass is 16.6. The third-order valence-corrected chi connectivity index (χ3v) is 10.5. The second kappa shape index (κ2) is 10.8. The number of oxime groups is 1. The first-order valence-corrected chi connectivity index (χ1v) is 14.3. The SMILES string of the molecule is C[C@]12CCC3C(CCC4=CC(=NOCC(=O)NCC(CC(=O)O)c5ccccc5)CC[C@@]43C)C1CCC2O. The van der Waals surface area contributed by atoms with Crippen LogP contribution in [0.4, 0.5) is 0 Å². The van der Waals surface area contributed by atoms with Gasteiger partial charge in [-0.15, -0.1) is 0 Å². The number of rotatable bonds is 8. The number of aliphatic carboxylic acids is 1. The molecule has 7 heteroatoms. The van der Waals surface area contributed by atoms with Crippen molar-refractivity contribution in [3.63, 3.8) is 0 Å². The number of carbonyl (C=O) groups excluding carboxylic acids is 1. The lowest BCUT2D eigenvalue weighted by Crippen LogP contribution is -2.51. The molecular formula is C31H42N2O5. The predicted octanol–water partition coefficient (Wildman–Crippen LogP) is 5.06. The number of hydrogen-bond donors (Lipinski definition) is 3. The molecule has 5 rings (SSSR count). The Labute approximate surface area is 225 Å². The summed E-state index contributed by atoms with van der Waals surface area (Å²) in [6.07, 6.45) is 10.6. The van der Waals surface area contributed by atoms with Crippen LogP contribution in [-0.2, 0) is 14.4 Å². The van der Waals surface area contributed by atoms with Crippen LogP contribution in [-0.4, -0.2) is 47.1 Å². The molecule has 0 bridgehead atoms. The number of nitrogens with zero attached hydrogens (tertiary/aromatic N) is 1. The highest BCUT2D eigenvalue weighted by Gasteiger charge is 2.58. The van der Waals surface area contributed by atoms with Gasteiger partial charge in [0.2, 0.25) is 0 Å². The summed E-state index contributed by atoms with van der Waals surface area (Å²) in [4.78, 5) is 29.1. The molecule has 3 fully saturated rings. The Morgan fingerprint density at radius 2 is 1.87 bits per heavy atom. The highest BCUT2D eigenvalue weighted by molar-refractivity contribution is 5.96. The lowest BCUT2D eigenvalue weighted by atomic mass is 9.47. The lowest BCUT2D eigenvalue weighted by molar-refractivity contribution is -0.137. The quantitative estimate of drug-likeness (QED) is 0.414. The number of benzene rings is 1. The molecule has 0 aromatic heterocycles. The van der Waals surface area contributed by atoms with Crippen LogP contribution in [0.3, 0.4) is 0 Å². The van der Waals surface area contributed by atoms with Crippen LogP contribution in [0, 0.1) is 28.6 Å². The average molecular weight is 523 g/mol. The largest absolute Gasteiger partial charge is 0.481 e. The van der Waals surface area contributed by atoms with Crippen LogP contribution < -0.4 is 5.32 Å². The third kappa shape index (κ3) is 5.14. The van der Waals surface area contributed by atoms with Crippen molar-refractivity contribution in [2.24, 2.45) is 33.7 Å². The zero-order valence-electron chi connectivity index (χ0n) is 22.7. The Balaban J connectivity index is 1.16. The normalized spacial score (nSPS) is 35.9. The summed E-state index contributed by atoms with van der Waals surface area (Å²) in [6.45, 7) is 4.81. The van der Waals surface area contributed by atoms with Crippen molar-refractivity contribution in [3.8, 4) is 0 Å². The van der Waals surface area contributed by atoms with Crippen molar-refractivity contribution >= 4 is 17.6 Å². The molecule has 1 aromatic carbocycles. The van der Waals surface area contributed by atoms with Crippen molar-refractivity contribution in [2.75, 3.05) is 13.2 Å². The number of carbonyl (C=O) groups is 2. The van der Waals surface area contributed by atoms with Gasteiger partial charge in [0.1, 0.15) is 0 Å². The number of nitrogens with one attached hydrogen (secondary N) is 1. The third-order valence-electron chi connectivity index (χ3n) is 10.5. The van der Waals surface area contributed by atoms with Gasteiger partial charge in [-0.1, -0.05) is 54.9 Å². The van der Waals surface area contributed by atoms with Crippen molar-refractivity contribution in [2.45, 2.75) is 83.7 Å². The number of aliphatic hydroxyl groups is 1. The molecule has 0 saturated heterocycles. The van der Waals surface area contributed by atoms with E-state index < -0.39 is 5.97 Å². The fourth-order valence-electron chi connectivity index (χ4n) is 8.32. The van der Waals surface area contributed by atoms with Crippen LogP contribution in [0.5, 0.6) is 0 Å². The molecule has 7 nitrogen and oxygen atoms in total. The van der Waals surface area contributed by atoms with E-state index >= 15 is 0 Å². The van der Waals surface area contributed by atoms with E-state index in [0.29, 0.717) is 17.8 Å². The Bertz CT molecular complexity index is 1100. The Kier molecular flexibility index (Phi) is 7.67. The average Bonchev–Trinajstić information content (AvgIpc) is 3.21. The second-order valence-corrected chi connectivity index (χ2v) is 12.5. The van der Waals surface area contributed by atoms with Gasteiger partial charge in [0.05, 0.1) is 18.2 Å². The topological polar surface area (TPSA) is 108 Å². The van der Waals surface area contributed by atoms with Gasteiger partial charge < -0.3 is 20.4 Å². The van der Waals surface area contributed by atoms with Crippen molar-refractivity contribution < 1.29 is 24.6 Å². The van der Waals surface area contributed by atoms with Gasteiger partial charge >= 0.3 is 5.97 Å². The summed E-state index contributed by atoms with van der Waals surface area (Å²) < 4.78 is 0. The van der Waals surface area contributed by atoms with Crippen LogP contribution >= 0.6 is 0 Å². The molecule has 1 amide bonds. The molecule has 7 atom stereocenters. The van der Waals surface area contributed by atoms with E-state index in [0.717, 1.165) is 43.4 Å². The summed E-state index contributed by atoms with van der Waals surface area (Å²) in [5, 5.41) is 27.0. The maximum absolute atomic E-state index is 12.4. The summed E-state index contributed by atoms with van der Waals surface area (Å²) in [5.74, 6) is 0.506. The lowest BCUT2D eigenvalue weighted by Gasteiger charge is -2.57. The minimum Gasteiger partial charge on any atom is -0.481 e. The van der Waals surface area contributed by atoms with Gasteiger partial charge in [0.25, 0.3) is 5.91 Å². The number of carboxylic acid groups (broad SMARTS) is 1. The molecule has 1 aromatic rings. The van der Waals surface area contributed by atoms with Crippen molar-refractivity contribution in [3.05, 3.63) is 47.5 Å². The Morgan fingerprint density at radius 1 is 1.08 bits per heavy atom. The molecule has 5 unspecified atom stereocenters. The molecule has 3 N–H and O–H groups in total. The summed E-state index contributed by atoms with van der Waals surface area (Å²) in [6, 6.07) is 9.37. The van der Waals surface area contributed by atoms with Gasteiger partial charge in [-0.25, -0.2) is 0 Å². The maximum atomic E-state index is 12.4. The van der Waals surface area contributed by atoms with Gasteiger partial charge in [-0.3, -0.25) is 9.59 Å². The molecule has 4 aliphatic carbocycles. The first-order valence-electron chi connectivity index (χ1n) is 14.3. The van der Waals surface area contributed by atoms with Gasteiger partial charge in [0.15, 0.2) is 6.61 Å². The molecule has 0 aliphatic heterocycles. The van der Waals surface area contributed by atoms with Crippen LogP contribution in [0.15, 0.2) is 47.1 Å². The van der Waals surface area contributed by atoms with E-state index in [9.17, 15) is 19.8 Å². The fraction of sp³-hybridized carbons (Fsp3) is 0.645. The van der Waals surface area contributed by atoms with Gasteiger partial charge in [0, 0.05) is 12.5 Å². The van der Waals surface area contributed by atoms with E-state index in [1.807, 2.05) is 30.3 Å². The number of allylic oxidation sites excluding steroid dienone is 2. The van der Waals surface area contributed by atoms with E-state index in [1.54, 1.807) is 0 Å². The van der Waals surface area contributed by atoms with Crippen LogP contribution in [0.1, 0.15) is 83.1 Å². The molecule has 3 saturated carbocycles. The first-order chi connectivity index (χ1) is 18.2. The van der Waals surface area contributed by atoms with E-state index in [1.165, 1.54) is 24.8 Å². The summed E-state index contributed by atoms with van der Waals surface area (Å²) in [5.41, 5.74) is 3.54. The molecule has 206 valence electrons. The monoisotopic (exact) mass is 522 g/mol. The maximum Gasteiger partial charge on any atom is 0.304 e. The molecule has 38 heavy (non-hydrogen) atoms. The number of aliphatic hydroxyl groups excluding tert-OH is 1. The van der Waals surface area contributed by atoms with Crippen LogP contribution in [0.25, 0.3) is 0 Å². The molecule has 0 radical (unpaired) electrons. The Hall–Kier alpha value is -2.67. The number of hydrogen-bond acceptors (Lipinski definition) is 5. The summed E-state index contributed by atoms with van der Waals surface area (Å²) >= 11 is 0. The minimum absolute atomic E-state index is 0.0534. The van der Waals surface area contributed by atoms with E-state index in [-0.39, 0.29) is 48.3 Å². The number of carboxylic acids is 1. The predicted molar refractivity (Wildman–Crippen MR) is 146 cm³/mol. The van der Waals surface area contributed by atoms with E-state index in [4.69, 9.17) is 4.84 Å². The zero-order chi connectivity index (χ0) is 26.9. The van der Waals surface area contributed by atoms with Crippen molar-refractivity contribution in [1.82, 2.24) is 5.32 Å². The van der Waals surface area contributed by atoms with E-state index in [2.05, 4.69) is 30.4 Å². The molecule has 0 heterocycles. The minimum atomic E-state index is -0.898. The van der Waals surface area contributed by atoms with Gasteiger partial charge in [-0.05, 0) is 91.6 Å². The smallest absolute Gasteiger partial charge is 0.304 e. The molecular weight excluding hydrogens is 480 g/mol. The van der Waals surface area contributed by atoms with Gasteiger partial charge in [-0.2, -0.15) is 0 Å². The first kappa shape index (κ1) is 26.9. The molecule has 4 aliphatic rings. The fourth-order valence-corrected chi connectivity index (χ4v) is 8.32. The van der Waals surface area contributed by atoms with Crippen molar-refractivity contribution in [1.29, 1.82) is 0 Å². The number of fused-ring (bicyclic) bond motifs is 5. The Morgan fingerprint density at radius 3 is 2.63 bits per heavy atom. The summed E-state index contributed by atoms with van der Waals surface area (Å²) in [7, 11) is 0. The van der Waals surface area contributed by atoms with Crippen LogP contribution in [0.2, 0.25) is 0 Å². The number of amides is 1. The highest BCUT2D eigenvalue weighted by Crippen LogP contribution is 2.65. The second-order valence-electron chi connectivity index (χ2n) is 12.5. The molecule has 0 spiro atoms.